The number of rotatable bonds is 6. The average molecular weight is 362 g/mol. The minimum Gasteiger partial charge on any atom is -0.508 e. The van der Waals surface area contributed by atoms with E-state index in [2.05, 4.69) is 13.8 Å². The Morgan fingerprint density at radius 1 is 0.556 bits per heavy atom. The van der Waals surface area contributed by atoms with Crippen molar-refractivity contribution in [3.8, 4) is 17.2 Å². The maximum Gasteiger partial charge on any atom is 0.128 e. The highest BCUT2D eigenvalue weighted by Gasteiger charge is 2.25. The third kappa shape index (κ3) is 4.62. The molecule has 3 aromatic carbocycles. The SMILES string of the molecule is CC(C)(Oc1ccc(C(C)(C)Oc2ccccc2)cc1)c1ccc(O)cc1. The van der Waals surface area contributed by atoms with Crippen LogP contribution in [0.15, 0.2) is 78.9 Å². The van der Waals surface area contributed by atoms with Gasteiger partial charge in [-0.3, -0.25) is 0 Å². The summed E-state index contributed by atoms with van der Waals surface area (Å²) in [6, 6.07) is 24.9. The Morgan fingerprint density at radius 2 is 0.963 bits per heavy atom. The molecule has 0 aromatic heterocycles. The summed E-state index contributed by atoms with van der Waals surface area (Å²) in [5.41, 5.74) is 1.11. The van der Waals surface area contributed by atoms with Gasteiger partial charge in [0, 0.05) is 0 Å². The second-order valence-electron chi connectivity index (χ2n) is 7.61. The van der Waals surface area contributed by atoms with E-state index in [1.165, 1.54) is 0 Å². The molecule has 0 amide bonds. The molecule has 3 aromatic rings. The molecule has 0 atom stereocenters. The van der Waals surface area contributed by atoms with Gasteiger partial charge in [0.1, 0.15) is 28.5 Å². The van der Waals surface area contributed by atoms with E-state index in [1.807, 2.05) is 80.6 Å². The van der Waals surface area contributed by atoms with Gasteiger partial charge in [0.05, 0.1) is 0 Å². The van der Waals surface area contributed by atoms with Crippen LogP contribution in [-0.2, 0) is 11.2 Å². The Labute approximate surface area is 161 Å². The molecule has 0 aliphatic rings. The van der Waals surface area contributed by atoms with Gasteiger partial charge in [0.25, 0.3) is 0 Å². The minimum absolute atomic E-state index is 0.250. The lowest BCUT2D eigenvalue weighted by Crippen LogP contribution is -2.26. The lowest BCUT2D eigenvalue weighted by Gasteiger charge is -2.29. The lowest BCUT2D eigenvalue weighted by molar-refractivity contribution is 0.105. The molecule has 0 unspecified atom stereocenters. The molecule has 0 saturated carbocycles. The highest BCUT2D eigenvalue weighted by atomic mass is 16.5. The second-order valence-corrected chi connectivity index (χ2v) is 7.61. The van der Waals surface area contributed by atoms with Crippen molar-refractivity contribution < 1.29 is 14.6 Å². The molecule has 0 saturated heterocycles. The van der Waals surface area contributed by atoms with Crippen LogP contribution in [0.25, 0.3) is 0 Å². The van der Waals surface area contributed by atoms with Crippen molar-refractivity contribution in [1.82, 2.24) is 0 Å². The van der Waals surface area contributed by atoms with E-state index in [0.717, 1.165) is 22.6 Å². The van der Waals surface area contributed by atoms with E-state index < -0.39 is 11.2 Å². The van der Waals surface area contributed by atoms with Gasteiger partial charge in [-0.15, -0.1) is 0 Å². The molecule has 0 heterocycles. The maximum atomic E-state index is 9.47. The highest BCUT2D eigenvalue weighted by Crippen LogP contribution is 2.32. The molecule has 0 aliphatic carbocycles. The fraction of sp³-hybridized carbons (Fsp3) is 0.250. The first-order valence-electron chi connectivity index (χ1n) is 9.09. The zero-order valence-electron chi connectivity index (χ0n) is 16.3. The van der Waals surface area contributed by atoms with E-state index in [1.54, 1.807) is 12.1 Å². The predicted molar refractivity (Wildman–Crippen MR) is 108 cm³/mol. The van der Waals surface area contributed by atoms with E-state index in [9.17, 15) is 5.11 Å². The number of ether oxygens (including phenoxy) is 2. The van der Waals surface area contributed by atoms with Crippen molar-refractivity contribution in [3.05, 3.63) is 90.0 Å². The summed E-state index contributed by atoms with van der Waals surface area (Å²) < 4.78 is 12.3. The van der Waals surface area contributed by atoms with Gasteiger partial charge in [-0.2, -0.15) is 0 Å². The average Bonchev–Trinajstić information content (AvgIpc) is 2.63. The number of phenolic OH excluding ortho intramolecular Hbond substituents is 1. The third-order valence-electron chi connectivity index (χ3n) is 4.60. The monoisotopic (exact) mass is 362 g/mol. The molecule has 0 bridgehead atoms. The molecule has 0 spiro atoms. The molecule has 140 valence electrons. The van der Waals surface area contributed by atoms with Crippen molar-refractivity contribution >= 4 is 0 Å². The minimum atomic E-state index is -0.509. The van der Waals surface area contributed by atoms with Crippen molar-refractivity contribution in [3.63, 3.8) is 0 Å². The van der Waals surface area contributed by atoms with Crippen molar-refractivity contribution in [2.75, 3.05) is 0 Å². The normalized spacial score (nSPS) is 11.9. The number of para-hydroxylation sites is 1. The Balaban J connectivity index is 1.73. The van der Waals surface area contributed by atoms with Gasteiger partial charge in [0.2, 0.25) is 0 Å². The molecule has 0 aliphatic heterocycles. The molecule has 0 radical (unpaired) electrons. The van der Waals surface area contributed by atoms with Crippen LogP contribution >= 0.6 is 0 Å². The van der Waals surface area contributed by atoms with Crippen LogP contribution in [0, 0.1) is 0 Å². The van der Waals surface area contributed by atoms with Gasteiger partial charge in [-0.25, -0.2) is 0 Å². The Morgan fingerprint density at radius 3 is 1.44 bits per heavy atom. The van der Waals surface area contributed by atoms with Crippen LogP contribution in [0.5, 0.6) is 17.2 Å². The Hall–Kier alpha value is -2.94. The second kappa shape index (κ2) is 7.36. The predicted octanol–water partition coefficient (Wildman–Crippen LogP) is 6.02. The number of hydrogen-bond acceptors (Lipinski definition) is 3. The zero-order chi connectivity index (χ0) is 19.5. The van der Waals surface area contributed by atoms with Crippen molar-refractivity contribution in [2.45, 2.75) is 38.9 Å². The van der Waals surface area contributed by atoms with E-state index in [0.29, 0.717) is 0 Å². The van der Waals surface area contributed by atoms with Crippen LogP contribution < -0.4 is 9.47 Å². The van der Waals surface area contributed by atoms with Crippen LogP contribution in [-0.4, -0.2) is 5.11 Å². The number of hydrogen-bond donors (Lipinski definition) is 1. The molecule has 1 N–H and O–H groups in total. The first-order valence-corrected chi connectivity index (χ1v) is 9.09. The summed E-state index contributed by atoms with van der Waals surface area (Å²) in [4.78, 5) is 0. The zero-order valence-corrected chi connectivity index (χ0v) is 16.3. The summed E-state index contributed by atoms with van der Waals surface area (Å²) in [6.45, 7) is 8.12. The summed E-state index contributed by atoms with van der Waals surface area (Å²) in [5.74, 6) is 1.88. The van der Waals surface area contributed by atoms with E-state index in [-0.39, 0.29) is 5.75 Å². The van der Waals surface area contributed by atoms with Crippen molar-refractivity contribution in [1.29, 1.82) is 0 Å². The van der Waals surface area contributed by atoms with Crippen LogP contribution in [0.4, 0.5) is 0 Å². The molecule has 3 heteroatoms. The van der Waals surface area contributed by atoms with E-state index >= 15 is 0 Å². The van der Waals surface area contributed by atoms with E-state index in [4.69, 9.17) is 9.47 Å². The van der Waals surface area contributed by atoms with Crippen molar-refractivity contribution in [2.24, 2.45) is 0 Å². The van der Waals surface area contributed by atoms with Gasteiger partial charge < -0.3 is 14.6 Å². The third-order valence-corrected chi connectivity index (χ3v) is 4.60. The first kappa shape index (κ1) is 18.8. The summed E-state index contributed by atoms with van der Waals surface area (Å²) in [5, 5.41) is 9.47. The van der Waals surface area contributed by atoms with Crippen LogP contribution in [0.3, 0.4) is 0 Å². The summed E-state index contributed by atoms with van der Waals surface area (Å²) >= 11 is 0. The van der Waals surface area contributed by atoms with Gasteiger partial charge >= 0.3 is 0 Å². The molecule has 3 nitrogen and oxygen atoms in total. The molecule has 3 rings (SSSR count). The smallest absolute Gasteiger partial charge is 0.128 e. The molecular formula is C24H26O3. The molecular weight excluding hydrogens is 336 g/mol. The quantitative estimate of drug-likeness (QED) is 0.583. The number of phenols is 1. The standard InChI is InChI=1S/C24H26O3/c1-23(2,18-10-14-20(25)15-11-18)27-22-16-12-19(13-17-22)24(3,4)26-21-8-6-5-7-9-21/h5-17,25H,1-4H3. The van der Waals surface area contributed by atoms with Crippen LogP contribution in [0.1, 0.15) is 38.8 Å². The molecule has 27 heavy (non-hydrogen) atoms. The fourth-order valence-electron chi connectivity index (χ4n) is 2.98. The fourth-order valence-corrected chi connectivity index (χ4v) is 2.98. The topological polar surface area (TPSA) is 38.7 Å². The number of aromatic hydroxyl groups is 1. The Kier molecular flexibility index (Phi) is 5.13. The van der Waals surface area contributed by atoms with Gasteiger partial charge in [-0.1, -0.05) is 42.5 Å². The van der Waals surface area contributed by atoms with Gasteiger partial charge in [0.15, 0.2) is 0 Å². The lowest BCUT2D eigenvalue weighted by atomic mass is 9.96. The first-order chi connectivity index (χ1) is 12.8. The summed E-state index contributed by atoms with van der Waals surface area (Å²) in [6.07, 6.45) is 0. The largest absolute Gasteiger partial charge is 0.508 e. The molecule has 0 fully saturated rings. The Bertz CT molecular complexity index is 864. The van der Waals surface area contributed by atoms with Gasteiger partial charge in [-0.05, 0) is 75.2 Å². The maximum absolute atomic E-state index is 9.47. The number of benzene rings is 3. The summed E-state index contributed by atoms with van der Waals surface area (Å²) in [7, 11) is 0. The van der Waals surface area contributed by atoms with Crippen LogP contribution in [0.2, 0.25) is 0 Å². The highest BCUT2D eigenvalue weighted by molar-refractivity contribution is 5.34.